The third-order valence-corrected chi connectivity index (χ3v) is 4.91. The molecular weight excluding hydrogens is 340 g/mol. The number of hydrogen-bond donors (Lipinski definition) is 0. The van der Waals surface area contributed by atoms with E-state index < -0.39 is 0 Å². The lowest BCUT2D eigenvalue weighted by Gasteiger charge is -2.29. The van der Waals surface area contributed by atoms with Crippen molar-refractivity contribution in [3.63, 3.8) is 0 Å². The zero-order chi connectivity index (χ0) is 19.2. The van der Waals surface area contributed by atoms with E-state index in [1.54, 1.807) is 25.5 Å². The van der Waals surface area contributed by atoms with Crippen LogP contribution in [0, 0.1) is 6.92 Å². The molecule has 0 unspecified atom stereocenters. The summed E-state index contributed by atoms with van der Waals surface area (Å²) in [7, 11) is 3.05. The molecule has 3 rings (SSSR count). The van der Waals surface area contributed by atoms with Gasteiger partial charge in [-0.05, 0) is 56.0 Å². The second-order valence-corrected chi connectivity index (χ2v) is 6.73. The summed E-state index contributed by atoms with van der Waals surface area (Å²) in [5, 5.41) is 0. The smallest absolute Gasteiger partial charge is 0.337 e. The van der Waals surface area contributed by atoms with E-state index in [-0.39, 0.29) is 5.97 Å². The molecule has 0 saturated carbocycles. The predicted molar refractivity (Wildman–Crippen MR) is 109 cm³/mol. The summed E-state index contributed by atoms with van der Waals surface area (Å²) < 4.78 is 10.4. The normalized spacial score (nSPS) is 14.4. The van der Waals surface area contributed by atoms with Crippen LogP contribution >= 0.6 is 0 Å². The standard InChI is InChI=1S/C22H26N2O3/c1-16-7-8-17(22(25)27-3)13-20(16)23-15-18-9-10-19(14-21(18)26-2)24-11-5-4-6-12-24/h7-10,13-15H,4-6,11-12H2,1-3H3. The highest BCUT2D eigenvalue weighted by Crippen LogP contribution is 2.28. The fourth-order valence-corrected chi connectivity index (χ4v) is 3.29. The molecule has 1 saturated heterocycles. The second kappa shape index (κ2) is 8.71. The third-order valence-electron chi connectivity index (χ3n) is 4.91. The number of carbonyl (C=O) groups excluding carboxylic acids is 1. The first kappa shape index (κ1) is 19.0. The highest BCUT2D eigenvalue weighted by Gasteiger charge is 2.13. The van der Waals surface area contributed by atoms with Crippen LogP contribution in [-0.2, 0) is 4.74 Å². The molecule has 0 atom stereocenters. The van der Waals surface area contributed by atoms with Crippen LogP contribution in [0.1, 0.15) is 40.7 Å². The monoisotopic (exact) mass is 366 g/mol. The van der Waals surface area contributed by atoms with Gasteiger partial charge >= 0.3 is 5.97 Å². The Labute approximate surface area is 160 Å². The van der Waals surface area contributed by atoms with Crippen LogP contribution in [0.4, 0.5) is 11.4 Å². The fourth-order valence-electron chi connectivity index (χ4n) is 3.29. The molecular formula is C22H26N2O3. The van der Waals surface area contributed by atoms with Gasteiger partial charge in [-0.15, -0.1) is 0 Å². The Kier molecular flexibility index (Phi) is 6.12. The number of methoxy groups -OCH3 is 2. The molecule has 1 aliphatic heterocycles. The zero-order valence-corrected chi connectivity index (χ0v) is 16.2. The van der Waals surface area contributed by atoms with Gasteiger partial charge in [-0.25, -0.2) is 4.79 Å². The van der Waals surface area contributed by atoms with Gasteiger partial charge in [0, 0.05) is 36.6 Å². The lowest BCUT2D eigenvalue weighted by Crippen LogP contribution is -2.29. The Hall–Kier alpha value is -2.82. The molecule has 0 spiro atoms. The molecule has 0 radical (unpaired) electrons. The number of aliphatic imine (C=N–C) groups is 1. The van der Waals surface area contributed by atoms with Crippen LogP contribution in [0.5, 0.6) is 5.75 Å². The molecule has 2 aromatic carbocycles. The van der Waals surface area contributed by atoms with Crippen molar-refractivity contribution < 1.29 is 14.3 Å². The predicted octanol–water partition coefficient (Wildman–Crippen LogP) is 4.53. The van der Waals surface area contributed by atoms with Gasteiger partial charge in [0.1, 0.15) is 5.75 Å². The molecule has 2 aromatic rings. The van der Waals surface area contributed by atoms with E-state index in [1.165, 1.54) is 32.1 Å². The molecule has 0 amide bonds. The van der Waals surface area contributed by atoms with E-state index in [0.29, 0.717) is 5.56 Å². The Morgan fingerprint density at radius 2 is 1.85 bits per heavy atom. The largest absolute Gasteiger partial charge is 0.496 e. The van der Waals surface area contributed by atoms with Crippen molar-refractivity contribution in [2.45, 2.75) is 26.2 Å². The van der Waals surface area contributed by atoms with Gasteiger partial charge in [-0.1, -0.05) is 6.07 Å². The second-order valence-electron chi connectivity index (χ2n) is 6.73. The van der Waals surface area contributed by atoms with Crippen LogP contribution in [-0.4, -0.2) is 39.5 Å². The molecule has 27 heavy (non-hydrogen) atoms. The lowest BCUT2D eigenvalue weighted by molar-refractivity contribution is 0.0601. The number of hydrogen-bond acceptors (Lipinski definition) is 5. The average Bonchev–Trinajstić information content (AvgIpc) is 2.73. The van der Waals surface area contributed by atoms with E-state index >= 15 is 0 Å². The first-order valence-corrected chi connectivity index (χ1v) is 9.28. The van der Waals surface area contributed by atoms with Gasteiger partial charge in [-0.2, -0.15) is 0 Å². The van der Waals surface area contributed by atoms with E-state index in [1.807, 2.05) is 19.1 Å². The van der Waals surface area contributed by atoms with Crippen molar-refractivity contribution in [2.75, 3.05) is 32.2 Å². The van der Waals surface area contributed by atoms with Gasteiger partial charge in [-0.3, -0.25) is 4.99 Å². The molecule has 5 nitrogen and oxygen atoms in total. The van der Waals surface area contributed by atoms with Crippen molar-refractivity contribution in [1.82, 2.24) is 0 Å². The SMILES string of the molecule is COC(=O)c1ccc(C)c(N=Cc2ccc(N3CCCCC3)cc2OC)c1. The number of piperidine rings is 1. The summed E-state index contributed by atoms with van der Waals surface area (Å²) >= 11 is 0. The zero-order valence-electron chi connectivity index (χ0n) is 16.2. The van der Waals surface area contributed by atoms with E-state index in [2.05, 4.69) is 22.0 Å². The number of ether oxygens (including phenoxy) is 2. The molecule has 5 heteroatoms. The Morgan fingerprint density at radius 1 is 1.07 bits per heavy atom. The molecule has 1 aliphatic rings. The number of rotatable bonds is 5. The van der Waals surface area contributed by atoms with Gasteiger partial charge in [0.15, 0.2) is 0 Å². The van der Waals surface area contributed by atoms with Crippen LogP contribution < -0.4 is 9.64 Å². The summed E-state index contributed by atoms with van der Waals surface area (Å²) in [6.07, 6.45) is 5.56. The van der Waals surface area contributed by atoms with Crippen molar-refractivity contribution in [3.8, 4) is 5.75 Å². The number of anilines is 1. The summed E-state index contributed by atoms with van der Waals surface area (Å²) in [4.78, 5) is 18.7. The van der Waals surface area contributed by atoms with E-state index in [0.717, 1.165) is 35.7 Å². The van der Waals surface area contributed by atoms with Gasteiger partial charge < -0.3 is 14.4 Å². The first-order valence-electron chi connectivity index (χ1n) is 9.28. The van der Waals surface area contributed by atoms with Crippen LogP contribution in [0.3, 0.4) is 0 Å². The summed E-state index contributed by atoms with van der Waals surface area (Å²) in [6.45, 7) is 4.15. The highest BCUT2D eigenvalue weighted by molar-refractivity contribution is 5.91. The summed E-state index contributed by atoms with van der Waals surface area (Å²) in [5.41, 5.74) is 4.30. The van der Waals surface area contributed by atoms with Crippen molar-refractivity contribution in [2.24, 2.45) is 4.99 Å². The molecule has 0 N–H and O–H groups in total. The molecule has 1 heterocycles. The lowest BCUT2D eigenvalue weighted by atomic mass is 10.1. The fraction of sp³-hybridized carbons (Fsp3) is 0.364. The maximum atomic E-state index is 11.7. The Morgan fingerprint density at radius 3 is 2.56 bits per heavy atom. The van der Waals surface area contributed by atoms with Gasteiger partial charge in [0.05, 0.1) is 25.5 Å². The minimum atomic E-state index is -0.366. The maximum absolute atomic E-state index is 11.7. The number of esters is 1. The van der Waals surface area contributed by atoms with Crippen molar-refractivity contribution in [3.05, 3.63) is 53.1 Å². The highest BCUT2D eigenvalue weighted by atomic mass is 16.5. The first-order chi connectivity index (χ1) is 13.1. The Balaban J connectivity index is 1.85. The molecule has 142 valence electrons. The van der Waals surface area contributed by atoms with E-state index in [4.69, 9.17) is 9.47 Å². The van der Waals surface area contributed by atoms with Crippen LogP contribution in [0.25, 0.3) is 0 Å². The van der Waals surface area contributed by atoms with Crippen LogP contribution in [0.15, 0.2) is 41.4 Å². The van der Waals surface area contributed by atoms with Crippen molar-refractivity contribution in [1.29, 1.82) is 0 Å². The molecule has 0 aliphatic carbocycles. The number of carbonyl (C=O) groups is 1. The number of aryl methyl sites for hydroxylation is 1. The van der Waals surface area contributed by atoms with Gasteiger partial charge in [0.25, 0.3) is 0 Å². The number of benzene rings is 2. The Bertz CT molecular complexity index is 839. The number of nitrogens with zero attached hydrogens (tertiary/aromatic N) is 2. The molecule has 0 aromatic heterocycles. The summed E-state index contributed by atoms with van der Waals surface area (Å²) in [6, 6.07) is 11.6. The van der Waals surface area contributed by atoms with Crippen molar-refractivity contribution >= 4 is 23.6 Å². The quantitative estimate of drug-likeness (QED) is 0.576. The minimum absolute atomic E-state index is 0.366. The minimum Gasteiger partial charge on any atom is -0.496 e. The third kappa shape index (κ3) is 4.48. The maximum Gasteiger partial charge on any atom is 0.337 e. The van der Waals surface area contributed by atoms with E-state index in [9.17, 15) is 4.79 Å². The summed E-state index contributed by atoms with van der Waals surface area (Å²) in [5.74, 6) is 0.429. The average molecular weight is 366 g/mol. The molecule has 1 fully saturated rings. The van der Waals surface area contributed by atoms with Gasteiger partial charge in [0.2, 0.25) is 0 Å². The van der Waals surface area contributed by atoms with Crippen LogP contribution in [0.2, 0.25) is 0 Å². The topological polar surface area (TPSA) is 51.1 Å². The molecule has 0 bridgehead atoms.